The van der Waals surface area contributed by atoms with Gasteiger partial charge in [-0.25, -0.2) is 13.2 Å². The van der Waals surface area contributed by atoms with E-state index in [0.29, 0.717) is 0 Å². The molecule has 2 rings (SSSR count). The van der Waals surface area contributed by atoms with Crippen molar-refractivity contribution in [1.29, 1.82) is 0 Å². The summed E-state index contributed by atoms with van der Waals surface area (Å²) in [7, 11) is -3.52. The summed E-state index contributed by atoms with van der Waals surface area (Å²) in [4.78, 5) is 34.8. The molecule has 0 aromatic heterocycles. The molecule has 10 nitrogen and oxygen atoms in total. The van der Waals surface area contributed by atoms with Crippen molar-refractivity contribution in [3.8, 4) is 0 Å². The van der Waals surface area contributed by atoms with Crippen molar-refractivity contribution in [2.75, 3.05) is 16.3 Å². The minimum atomic E-state index is -3.52. The number of benzene rings is 2. The summed E-state index contributed by atoms with van der Waals surface area (Å²) in [6.07, 6.45) is -0.286. The number of esters is 1. The van der Waals surface area contributed by atoms with Gasteiger partial charge in [-0.1, -0.05) is 18.2 Å². The third kappa shape index (κ3) is 5.77. The Hall–Kier alpha value is -3.47. The van der Waals surface area contributed by atoms with E-state index >= 15 is 0 Å². The minimum absolute atomic E-state index is 0.0268. The quantitative estimate of drug-likeness (QED) is 0.406. The number of nitrogens with one attached hydrogen (secondary N) is 2. The molecule has 2 aromatic carbocycles. The van der Waals surface area contributed by atoms with Crippen molar-refractivity contribution in [2.45, 2.75) is 13.0 Å². The van der Waals surface area contributed by atoms with Gasteiger partial charge in [0.1, 0.15) is 5.69 Å². The van der Waals surface area contributed by atoms with Gasteiger partial charge in [0.05, 0.1) is 16.7 Å². The molecule has 1 atom stereocenters. The number of nitrogens with zero attached hydrogens (tertiary/aromatic N) is 1. The number of carbonyl (C=O) groups excluding carboxylic acids is 2. The lowest BCUT2D eigenvalue weighted by atomic mass is 10.2. The number of ether oxygens (including phenoxy) is 1. The molecule has 0 aliphatic carbocycles. The highest BCUT2D eigenvalue weighted by Crippen LogP contribution is 2.23. The molecule has 0 fully saturated rings. The molecule has 0 aliphatic heterocycles. The number of sulfonamides is 1. The topological polar surface area (TPSA) is 145 Å². The lowest BCUT2D eigenvalue weighted by molar-refractivity contribution is -0.383. The van der Waals surface area contributed by atoms with Crippen molar-refractivity contribution >= 4 is 39.0 Å². The Kier molecular flexibility index (Phi) is 6.31. The van der Waals surface area contributed by atoms with Gasteiger partial charge < -0.3 is 10.1 Å². The van der Waals surface area contributed by atoms with E-state index in [1.807, 2.05) is 0 Å². The summed E-state index contributed by atoms with van der Waals surface area (Å²) < 4.78 is 29.8. The van der Waals surface area contributed by atoms with Crippen molar-refractivity contribution in [2.24, 2.45) is 0 Å². The first-order valence-electron chi connectivity index (χ1n) is 7.90. The monoisotopic (exact) mass is 407 g/mol. The van der Waals surface area contributed by atoms with E-state index < -0.39 is 32.9 Å². The highest BCUT2D eigenvalue weighted by atomic mass is 32.2. The van der Waals surface area contributed by atoms with Gasteiger partial charge in [0.25, 0.3) is 11.6 Å². The standard InChI is InChI=1S/C17H17N3O7S/c1-11(16(21)18-14-8-3-4-9-15(14)20(23)24)27-17(22)12-6-5-7-13(10-12)19-28(2,25)26/h3-11,19H,1-2H3,(H,18,21). The van der Waals surface area contributed by atoms with Crippen molar-refractivity contribution in [1.82, 2.24) is 0 Å². The second kappa shape index (κ2) is 8.48. The first-order valence-corrected chi connectivity index (χ1v) is 9.79. The Balaban J connectivity index is 2.07. The van der Waals surface area contributed by atoms with Crippen LogP contribution in [0, 0.1) is 10.1 Å². The molecular weight excluding hydrogens is 390 g/mol. The molecule has 11 heteroatoms. The molecular formula is C17H17N3O7S. The zero-order chi connectivity index (χ0) is 20.9. The van der Waals surface area contributed by atoms with Crippen molar-refractivity contribution in [3.05, 3.63) is 64.2 Å². The van der Waals surface area contributed by atoms with Crippen LogP contribution in [0.3, 0.4) is 0 Å². The molecule has 0 radical (unpaired) electrons. The summed E-state index contributed by atoms with van der Waals surface area (Å²) in [5.41, 5.74) is -0.137. The van der Waals surface area contributed by atoms with Gasteiger partial charge in [0.15, 0.2) is 6.10 Å². The fourth-order valence-corrected chi connectivity index (χ4v) is 2.73. The molecule has 0 bridgehead atoms. The zero-order valence-electron chi connectivity index (χ0n) is 14.9. The highest BCUT2D eigenvalue weighted by molar-refractivity contribution is 7.92. The van der Waals surface area contributed by atoms with E-state index in [2.05, 4.69) is 10.0 Å². The van der Waals surface area contributed by atoms with Crippen LogP contribution in [0.2, 0.25) is 0 Å². The third-order valence-corrected chi connectivity index (χ3v) is 4.02. The van der Waals surface area contributed by atoms with Crippen LogP contribution in [0.25, 0.3) is 0 Å². The van der Waals surface area contributed by atoms with E-state index in [4.69, 9.17) is 4.74 Å². The van der Waals surface area contributed by atoms with Gasteiger partial charge in [-0.2, -0.15) is 0 Å². The Morgan fingerprint density at radius 1 is 1.14 bits per heavy atom. The Bertz CT molecular complexity index is 1020. The molecule has 2 N–H and O–H groups in total. The normalized spacial score (nSPS) is 11.9. The Labute approximate surface area is 160 Å². The number of hydrogen-bond donors (Lipinski definition) is 2. The number of para-hydroxylation sites is 2. The number of hydrogen-bond acceptors (Lipinski definition) is 7. The molecule has 148 valence electrons. The highest BCUT2D eigenvalue weighted by Gasteiger charge is 2.22. The van der Waals surface area contributed by atoms with Gasteiger partial charge in [0, 0.05) is 11.8 Å². The molecule has 28 heavy (non-hydrogen) atoms. The maximum atomic E-state index is 12.2. The van der Waals surface area contributed by atoms with Crippen molar-refractivity contribution in [3.63, 3.8) is 0 Å². The molecule has 1 unspecified atom stereocenters. The van der Waals surface area contributed by atoms with Gasteiger partial charge in [-0.3, -0.25) is 19.6 Å². The molecule has 0 spiro atoms. The smallest absolute Gasteiger partial charge is 0.338 e. The number of nitro benzene ring substituents is 1. The number of carbonyl (C=O) groups is 2. The lowest BCUT2D eigenvalue weighted by Crippen LogP contribution is -2.30. The van der Waals surface area contributed by atoms with E-state index in [0.717, 1.165) is 6.26 Å². The largest absolute Gasteiger partial charge is 0.449 e. The number of rotatable bonds is 7. The average Bonchev–Trinajstić information content (AvgIpc) is 2.60. The van der Waals surface area contributed by atoms with Crippen LogP contribution in [0.4, 0.5) is 17.1 Å². The maximum Gasteiger partial charge on any atom is 0.338 e. The second-order valence-electron chi connectivity index (χ2n) is 5.77. The predicted molar refractivity (Wildman–Crippen MR) is 102 cm³/mol. The fraction of sp³-hybridized carbons (Fsp3) is 0.176. The lowest BCUT2D eigenvalue weighted by Gasteiger charge is -2.14. The average molecular weight is 407 g/mol. The predicted octanol–water partition coefficient (Wildman–Crippen LogP) is 2.15. The number of amides is 1. The minimum Gasteiger partial charge on any atom is -0.449 e. The van der Waals surface area contributed by atoms with Crippen LogP contribution < -0.4 is 10.0 Å². The third-order valence-electron chi connectivity index (χ3n) is 3.41. The zero-order valence-corrected chi connectivity index (χ0v) is 15.7. The molecule has 2 aromatic rings. The SMILES string of the molecule is CC(OC(=O)c1cccc(NS(C)(=O)=O)c1)C(=O)Nc1ccccc1[N+](=O)[O-]. The second-order valence-corrected chi connectivity index (χ2v) is 7.51. The number of anilines is 2. The molecule has 0 saturated carbocycles. The van der Waals surface area contributed by atoms with E-state index in [1.54, 1.807) is 0 Å². The molecule has 0 saturated heterocycles. The van der Waals surface area contributed by atoms with E-state index in [9.17, 15) is 28.1 Å². The van der Waals surface area contributed by atoms with E-state index in [1.165, 1.54) is 55.5 Å². The molecule has 0 heterocycles. The fourth-order valence-electron chi connectivity index (χ4n) is 2.18. The van der Waals surface area contributed by atoms with E-state index in [-0.39, 0.29) is 22.6 Å². The molecule has 1 amide bonds. The summed E-state index contributed by atoms with van der Waals surface area (Å²) >= 11 is 0. The van der Waals surface area contributed by atoms with Gasteiger partial charge in [0.2, 0.25) is 10.0 Å². The van der Waals surface area contributed by atoms with Gasteiger partial charge >= 0.3 is 5.97 Å². The first-order chi connectivity index (χ1) is 13.1. The Morgan fingerprint density at radius 3 is 2.46 bits per heavy atom. The van der Waals surface area contributed by atoms with Crippen LogP contribution >= 0.6 is 0 Å². The van der Waals surface area contributed by atoms with Crippen LogP contribution in [0.1, 0.15) is 17.3 Å². The van der Waals surface area contributed by atoms with Crippen LogP contribution in [0.15, 0.2) is 48.5 Å². The van der Waals surface area contributed by atoms with Crippen LogP contribution in [-0.4, -0.2) is 37.6 Å². The van der Waals surface area contributed by atoms with Crippen LogP contribution in [-0.2, 0) is 19.6 Å². The summed E-state index contributed by atoms with van der Waals surface area (Å²) in [5, 5.41) is 13.3. The van der Waals surface area contributed by atoms with Crippen molar-refractivity contribution < 1.29 is 27.7 Å². The molecule has 0 aliphatic rings. The summed E-state index contributed by atoms with van der Waals surface area (Å²) in [5.74, 6) is -1.62. The number of nitro groups is 1. The first kappa shape index (κ1) is 20.8. The Morgan fingerprint density at radius 2 is 1.82 bits per heavy atom. The summed E-state index contributed by atoms with van der Waals surface area (Å²) in [6, 6.07) is 11.1. The van der Waals surface area contributed by atoms with Gasteiger partial charge in [-0.05, 0) is 31.2 Å². The summed E-state index contributed by atoms with van der Waals surface area (Å²) in [6.45, 7) is 1.31. The maximum absolute atomic E-state index is 12.2. The van der Waals surface area contributed by atoms with Gasteiger partial charge in [-0.15, -0.1) is 0 Å². The van der Waals surface area contributed by atoms with Crippen LogP contribution in [0.5, 0.6) is 0 Å².